The number of amides is 2. The average molecular weight is 537 g/mol. The van der Waals surface area contributed by atoms with Crippen LogP contribution in [0.3, 0.4) is 0 Å². The van der Waals surface area contributed by atoms with Gasteiger partial charge in [0.05, 0.1) is 19.8 Å². The number of nitrogens with zero attached hydrogens (tertiary/aromatic N) is 1. The molecule has 8 N–H and O–H groups in total. The zero-order valence-corrected chi connectivity index (χ0v) is 20.0. The Labute approximate surface area is 212 Å². The van der Waals surface area contributed by atoms with Crippen molar-refractivity contribution in [1.82, 2.24) is 10.2 Å². The van der Waals surface area contributed by atoms with Crippen molar-refractivity contribution < 1.29 is 54.8 Å². The summed E-state index contributed by atoms with van der Waals surface area (Å²) in [6.07, 6.45) is -15.7. The second-order valence-corrected chi connectivity index (χ2v) is 8.94. The van der Waals surface area contributed by atoms with E-state index < -0.39 is 80.6 Å². The summed E-state index contributed by atoms with van der Waals surface area (Å²) in [5, 5.41) is 73.9. The molecule has 0 aliphatic carbocycles. The first kappa shape index (κ1) is 28.9. The van der Waals surface area contributed by atoms with Gasteiger partial charge in [-0.3, -0.25) is 4.90 Å². The molecule has 2 fully saturated rings. The standard InChI is InChI=1S/C22H33ClN2O11/c23-6-7-24-22(33)25(8-11-4-2-1-3-5-11)20-17(31)16(30)19(13(10-27)34-20)36-21-18(32)15(29)14(28)12(9-26)35-21/h1-5,12-21,26-32H,6-10H2,(H,24,33)/t12-,13-,14-,15+,16-,17-,18-,19-,20?,21-/m1/s1. The molecule has 204 valence electrons. The monoisotopic (exact) mass is 536 g/mol. The van der Waals surface area contributed by atoms with E-state index in [1.54, 1.807) is 30.3 Å². The molecule has 1 aromatic rings. The molecular weight excluding hydrogens is 504 g/mol. The van der Waals surface area contributed by atoms with Gasteiger partial charge in [0.15, 0.2) is 12.5 Å². The summed E-state index contributed by atoms with van der Waals surface area (Å²) >= 11 is 5.67. The van der Waals surface area contributed by atoms with Crippen molar-refractivity contribution in [3.8, 4) is 0 Å². The number of hydrogen-bond acceptors (Lipinski definition) is 11. The fourth-order valence-corrected chi connectivity index (χ4v) is 4.24. The second kappa shape index (κ2) is 13.3. The van der Waals surface area contributed by atoms with Crippen LogP contribution in [0.15, 0.2) is 30.3 Å². The maximum atomic E-state index is 12.9. The number of hydrogen-bond donors (Lipinski definition) is 8. The van der Waals surface area contributed by atoms with Gasteiger partial charge in [-0.1, -0.05) is 30.3 Å². The Morgan fingerprint density at radius 1 is 0.917 bits per heavy atom. The number of aliphatic hydroxyl groups excluding tert-OH is 7. The van der Waals surface area contributed by atoms with E-state index in [-0.39, 0.29) is 19.0 Å². The van der Waals surface area contributed by atoms with Gasteiger partial charge in [-0.2, -0.15) is 0 Å². The van der Waals surface area contributed by atoms with Gasteiger partial charge < -0.3 is 55.3 Å². The largest absolute Gasteiger partial charge is 0.394 e. The smallest absolute Gasteiger partial charge is 0.319 e. The van der Waals surface area contributed by atoms with Gasteiger partial charge in [-0.25, -0.2) is 4.79 Å². The molecule has 2 aliphatic heterocycles. The number of halogens is 1. The summed E-state index contributed by atoms with van der Waals surface area (Å²) in [5.74, 6) is 0.135. The van der Waals surface area contributed by atoms with Crippen LogP contribution in [0.2, 0.25) is 0 Å². The molecule has 10 atom stereocenters. The highest BCUT2D eigenvalue weighted by molar-refractivity contribution is 6.18. The van der Waals surface area contributed by atoms with E-state index in [2.05, 4.69) is 5.32 Å². The quantitative estimate of drug-likeness (QED) is 0.150. The number of rotatable bonds is 9. The van der Waals surface area contributed by atoms with Crippen molar-refractivity contribution in [1.29, 1.82) is 0 Å². The Hall–Kier alpha value is -1.62. The van der Waals surface area contributed by atoms with Gasteiger partial charge in [0.25, 0.3) is 0 Å². The van der Waals surface area contributed by atoms with E-state index in [0.29, 0.717) is 5.56 Å². The van der Waals surface area contributed by atoms with Crippen LogP contribution in [0.4, 0.5) is 4.79 Å². The molecule has 0 aromatic heterocycles. The minimum absolute atomic E-state index is 0.0141. The topological polar surface area (TPSA) is 202 Å². The number of carbonyl (C=O) groups excluding carboxylic acids is 1. The first-order valence-corrected chi connectivity index (χ1v) is 12.0. The molecule has 0 spiro atoms. The van der Waals surface area contributed by atoms with E-state index in [1.165, 1.54) is 0 Å². The van der Waals surface area contributed by atoms with Crippen LogP contribution in [-0.2, 0) is 20.8 Å². The Kier molecular flexibility index (Phi) is 10.7. The fraction of sp³-hybridized carbons (Fsp3) is 0.682. The lowest BCUT2D eigenvalue weighted by Gasteiger charge is -2.48. The van der Waals surface area contributed by atoms with Gasteiger partial charge in [0.1, 0.15) is 48.8 Å². The summed E-state index contributed by atoms with van der Waals surface area (Å²) in [4.78, 5) is 14.0. The van der Waals surface area contributed by atoms with E-state index in [0.717, 1.165) is 4.90 Å². The molecule has 2 saturated heterocycles. The Morgan fingerprint density at radius 3 is 2.19 bits per heavy atom. The van der Waals surface area contributed by atoms with Crippen molar-refractivity contribution in [3.05, 3.63) is 35.9 Å². The zero-order chi connectivity index (χ0) is 26.4. The highest BCUT2D eigenvalue weighted by Gasteiger charge is 2.52. The maximum Gasteiger partial charge on any atom is 0.319 e. The Bertz CT molecular complexity index is 820. The predicted octanol–water partition coefficient (Wildman–Crippen LogP) is -2.94. The highest BCUT2D eigenvalue weighted by atomic mass is 35.5. The van der Waals surface area contributed by atoms with E-state index in [9.17, 15) is 40.5 Å². The van der Waals surface area contributed by atoms with Gasteiger partial charge in [-0.15, -0.1) is 11.6 Å². The van der Waals surface area contributed by atoms with Gasteiger partial charge in [0, 0.05) is 12.4 Å². The average Bonchev–Trinajstić information content (AvgIpc) is 2.89. The molecular formula is C22H33ClN2O11. The fourth-order valence-electron chi connectivity index (χ4n) is 4.14. The molecule has 1 aromatic carbocycles. The van der Waals surface area contributed by atoms with Crippen molar-refractivity contribution in [2.75, 3.05) is 25.6 Å². The van der Waals surface area contributed by atoms with Crippen molar-refractivity contribution >= 4 is 17.6 Å². The van der Waals surface area contributed by atoms with E-state index >= 15 is 0 Å². The van der Waals surface area contributed by atoms with Crippen LogP contribution in [0.1, 0.15) is 5.56 Å². The number of urea groups is 1. The number of nitrogens with one attached hydrogen (secondary N) is 1. The molecule has 36 heavy (non-hydrogen) atoms. The molecule has 14 heteroatoms. The highest BCUT2D eigenvalue weighted by Crippen LogP contribution is 2.30. The van der Waals surface area contributed by atoms with Crippen LogP contribution in [0.5, 0.6) is 0 Å². The number of ether oxygens (including phenoxy) is 3. The maximum absolute atomic E-state index is 12.9. The second-order valence-electron chi connectivity index (χ2n) is 8.56. The van der Waals surface area contributed by atoms with Crippen LogP contribution in [0.25, 0.3) is 0 Å². The number of benzene rings is 1. The summed E-state index contributed by atoms with van der Waals surface area (Å²) in [7, 11) is 0. The third kappa shape index (κ3) is 6.44. The molecule has 13 nitrogen and oxygen atoms in total. The number of alkyl halides is 1. The van der Waals surface area contributed by atoms with Crippen molar-refractivity contribution in [2.24, 2.45) is 0 Å². The third-order valence-electron chi connectivity index (χ3n) is 6.11. The number of carbonyl (C=O) groups is 1. The summed E-state index contributed by atoms with van der Waals surface area (Å²) in [5.41, 5.74) is 0.698. The Balaban J connectivity index is 1.80. The minimum atomic E-state index is -1.78. The van der Waals surface area contributed by atoms with Crippen LogP contribution in [-0.4, -0.2) is 134 Å². The van der Waals surface area contributed by atoms with Crippen LogP contribution < -0.4 is 5.32 Å². The molecule has 1 unspecified atom stereocenters. The molecule has 2 heterocycles. The molecule has 0 saturated carbocycles. The number of aliphatic hydroxyl groups is 7. The molecule has 0 bridgehead atoms. The van der Waals surface area contributed by atoms with Crippen LogP contribution in [0, 0.1) is 0 Å². The normalized spacial score (nSPS) is 36.9. The summed E-state index contributed by atoms with van der Waals surface area (Å²) in [6, 6.07) is 8.18. The lowest BCUT2D eigenvalue weighted by molar-refractivity contribution is -0.347. The lowest BCUT2D eigenvalue weighted by atomic mass is 9.96. The molecule has 3 rings (SSSR count). The first-order valence-electron chi connectivity index (χ1n) is 11.5. The van der Waals surface area contributed by atoms with Gasteiger partial charge in [-0.05, 0) is 5.56 Å². The lowest BCUT2D eigenvalue weighted by Crippen LogP contribution is -2.67. The van der Waals surface area contributed by atoms with Crippen LogP contribution >= 0.6 is 11.6 Å². The molecule has 2 aliphatic rings. The summed E-state index contributed by atoms with van der Waals surface area (Å²) < 4.78 is 16.7. The van der Waals surface area contributed by atoms with Crippen molar-refractivity contribution in [3.63, 3.8) is 0 Å². The summed E-state index contributed by atoms with van der Waals surface area (Å²) in [6.45, 7) is -1.30. The van der Waals surface area contributed by atoms with Crippen molar-refractivity contribution in [2.45, 2.75) is 67.9 Å². The van der Waals surface area contributed by atoms with E-state index in [4.69, 9.17) is 25.8 Å². The van der Waals surface area contributed by atoms with Gasteiger partial charge in [0.2, 0.25) is 0 Å². The zero-order valence-electron chi connectivity index (χ0n) is 19.3. The SMILES string of the molecule is O=C(NCCCl)N(Cc1ccccc1)C1O[C@H](CO)[C@@H](O[C@H]2O[C@H](CO)[C@@H](O)[C@H](O)[C@H]2O)[C@H](O)[C@H]1O. The predicted molar refractivity (Wildman–Crippen MR) is 123 cm³/mol. The molecule has 0 radical (unpaired) electrons. The van der Waals surface area contributed by atoms with E-state index in [1.807, 2.05) is 0 Å². The first-order chi connectivity index (χ1) is 17.2. The Morgan fingerprint density at radius 2 is 1.58 bits per heavy atom. The van der Waals surface area contributed by atoms with Gasteiger partial charge >= 0.3 is 6.03 Å². The third-order valence-corrected chi connectivity index (χ3v) is 6.30. The minimum Gasteiger partial charge on any atom is -0.394 e. The molecule has 2 amide bonds.